The highest BCUT2D eigenvalue weighted by Gasteiger charge is 2.48. The maximum atomic E-state index is 10.8. The van der Waals surface area contributed by atoms with Crippen LogP contribution in [0.2, 0.25) is 0 Å². The van der Waals surface area contributed by atoms with Gasteiger partial charge in [0.15, 0.2) is 6.29 Å². The molecule has 3 unspecified atom stereocenters. The van der Waals surface area contributed by atoms with E-state index in [1.54, 1.807) is 21.3 Å². The first kappa shape index (κ1) is 28.3. The summed E-state index contributed by atoms with van der Waals surface area (Å²) >= 11 is 0. The Balaban J connectivity index is 1.77. The predicted molar refractivity (Wildman–Crippen MR) is 135 cm³/mol. The smallest absolute Gasteiger partial charge is 0.187 e. The van der Waals surface area contributed by atoms with E-state index in [0.29, 0.717) is 6.42 Å². The molecule has 10 atom stereocenters. The molecule has 1 saturated heterocycles. The number of benzene rings is 1. The number of nitrogens with one attached hydrogen (secondary N) is 1. The van der Waals surface area contributed by atoms with Crippen molar-refractivity contribution in [2.24, 2.45) is 11.8 Å². The van der Waals surface area contributed by atoms with Gasteiger partial charge in [-0.25, -0.2) is 0 Å². The number of hydrogen-bond acceptors (Lipinski definition) is 8. The molecule has 3 N–H and O–H groups in total. The van der Waals surface area contributed by atoms with Crippen molar-refractivity contribution >= 4 is 5.69 Å². The molecule has 0 aromatic heterocycles. The lowest BCUT2D eigenvalue weighted by Gasteiger charge is -2.44. The Labute approximate surface area is 210 Å². The van der Waals surface area contributed by atoms with Gasteiger partial charge >= 0.3 is 0 Å². The topological polar surface area (TPSA) is 98.6 Å². The van der Waals surface area contributed by atoms with Gasteiger partial charge in [-0.1, -0.05) is 17.7 Å². The van der Waals surface area contributed by atoms with Crippen molar-refractivity contribution in [3.63, 3.8) is 0 Å². The van der Waals surface area contributed by atoms with E-state index >= 15 is 0 Å². The number of aliphatic hydroxyl groups excluding tert-OH is 2. The number of hydrogen-bond donors (Lipinski definition) is 3. The molecule has 1 aromatic rings. The molecule has 2 fully saturated rings. The highest BCUT2D eigenvalue weighted by molar-refractivity contribution is 5.53. The molecule has 8 heteroatoms. The van der Waals surface area contributed by atoms with Gasteiger partial charge in [0.1, 0.15) is 18.3 Å². The molecule has 35 heavy (non-hydrogen) atoms. The minimum Gasteiger partial charge on any atom is -0.396 e. The third-order valence-electron chi connectivity index (χ3n) is 7.76. The summed E-state index contributed by atoms with van der Waals surface area (Å²) in [5, 5.41) is 24.2. The zero-order chi connectivity index (χ0) is 25.7. The first-order valence-electron chi connectivity index (χ1n) is 12.8. The molecular weight excluding hydrogens is 450 g/mol. The van der Waals surface area contributed by atoms with Gasteiger partial charge in [-0.15, -0.1) is 0 Å². The van der Waals surface area contributed by atoms with Gasteiger partial charge in [0.2, 0.25) is 0 Å². The lowest BCUT2D eigenvalue weighted by atomic mass is 9.84. The quantitative estimate of drug-likeness (QED) is 0.431. The van der Waals surface area contributed by atoms with Crippen LogP contribution >= 0.6 is 0 Å². The highest BCUT2D eigenvalue weighted by Crippen LogP contribution is 2.42. The van der Waals surface area contributed by atoms with E-state index < -0.39 is 18.5 Å². The van der Waals surface area contributed by atoms with Crippen molar-refractivity contribution in [1.29, 1.82) is 0 Å². The average molecular weight is 496 g/mol. The van der Waals surface area contributed by atoms with Gasteiger partial charge in [-0.05, 0) is 70.4 Å². The summed E-state index contributed by atoms with van der Waals surface area (Å²) in [5.74, 6) is 0.328. The van der Waals surface area contributed by atoms with Crippen molar-refractivity contribution in [3.8, 4) is 0 Å². The Bertz CT molecular complexity index is 791. The van der Waals surface area contributed by atoms with Gasteiger partial charge in [-0.3, -0.25) is 0 Å². The Morgan fingerprint density at radius 2 is 1.74 bits per heavy atom. The molecule has 1 heterocycles. The molecule has 3 rings (SSSR count). The molecule has 2 aliphatic rings. The maximum absolute atomic E-state index is 10.8. The Kier molecular flexibility index (Phi) is 10.4. The van der Waals surface area contributed by atoms with E-state index in [-0.39, 0.29) is 48.9 Å². The van der Waals surface area contributed by atoms with Crippen LogP contribution in [-0.2, 0) is 23.7 Å². The summed E-state index contributed by atoms with van der Waals surface area (Å²) in [4.78, 5) is 0. The van der Waals surface area contributed by atoms with Crippen LogP contribution in [0, 0.1) is 25.7 Å². The Morgan fingerprint density at radius 3 is 2.31 bits per heavy atom. The van der Waals surface area contributed by atoms with Crippen molar-refractivity contribution in [1.82, 2.24) is 0 Å². The van der Waals surface area contributed by atoms with Gasteiger partial charge in [-0.2, -0.15) is 0 Å². The molecule has 8 nitrogen and oxygen atoms in total. The van der Waals surface area contributed by atoms with E-state index in [2.05, 4.69) is 37.4 Å². The minimum atomic E-state index is -0.595. The molecule has 0 spiro atoms. The molecule has 0 bridgehead atoms. The third-order valence-corrected chi connectivity index (χ3v) is 7.76. The number of rotatable bonds is 11. The maximum Gasteiger partial charge on any atom is 0.187 e. The molecule has 1 saturated carbocycles. The second-order valence-electron chi connectivity index (χ2n) is 10.2. The van der Waals surface area contributed by atoms with E-state index in [9.17, 15) is 10.2 Å². The summed E-state index contributed by atoms with van der Waals surface area (Å²) in [6, 6.07) is 6.11. The average Bonchev–Trinajstić information content (AvgIpc) is 3.19. The van der Waals surface area contributed by atoms with Crippen LogP contribution in [0.25, 0.3) is 0 Å². The SMILES string of the molecule is COC1C(OC)[C@@H](OC)C(C)O[C@H]1O[C@H]1C[C@@H](CCO)[C@H]([C@H](Nc2ccc(C)cc2C)[C@H](C)O)C1. The number of ether oxygens (including phenoxy) is 5. The third kappa shape index (κ3) is 6.55. The Morgan fingerprint density at radius 1 is 1.06 bits per heavy atom. The summed E-state index contributed by atoms with van der Waals surface area (Å²) < 4.78 is 29.7. The van der Waals surface area contributed by atoms with E-state index in [1.165, 1.54) is 5.56 Å². The van der Waals surface area contributed by atoms with E-state index in [0.717, 1.165) is 24.1 Å². The van der Waals surface area contributed by atoms with Gasteiger partial charge in [0.25, 0.3) is 0 Å². The fraction of sp³-hybridized carbons (Fsp3) is 0.778. The van der Waals surface area contributed by atoms with E-state index in [4.69, 9.17) is 23.7 Å². The van der Waals surface area contributed by atoms with Gasteiger partial charge in [0, 0.05) is 33.6 Å². The summed E-state index contributed by atoms with van der Waals surface area (Å²) in [5.41, 5.74) is 3.37. The highest BCUT2D eigenvalue weighted by atomic mass is 16.7. The van der Waals surface area contributed by atoms with Crippen LogP contribution in [-0.4, -0.2) is 87.1 Å². The number of aliphatic hydroxyl groups is 2. The van der Waals surface area contributed by atoms with Crippen LogP contribution in [0.3, 0.4) is 0 Å². The molecular formula is C27H45NO7. The van der Waals surface area contributed by atoms with Crippen LogP contribution < -0.4 is 5.32 Å². The zero-order valence-corrected chi connectivity index (χ0v) is 22.3. The largest absolute Gasteiger partial charge is 0.396 e. The monoisotopic (exact) mass is 495 g/mol. The molecule has 1 aliphatic heterocycles. The summed E-state index contributed by atoms with van der Waals surface area (Å²) in [6.07, 6.45) is -0.311. The van der Waals surface area contributed by atoms with Gasteiger partial charge in [0.05, 0.1) is 24.4 Å². The molecule has 0 amide bonds. The first-order chi connectivity index (χ1) is 16.7. The van der Waals surface area contributed by atoms with Crippen LogP contribution in [0.1, 0.15) is 44.2 Å². The number of methoxy groups -OCH3 is 3. The minimum absolute atomic E-state index is 0.0924. The fourth-order valence-electron chi connectivity index (χ4n) is 6.01. The second kappa shape index (κ2) is 12.8. The van der Waals surface area contributed by atoms with Gasteiger partial charge < -0.3 is 39.2 Å². The number of aryl methyl sites for hydroxylation is 2. The molecule has 0 radical (unpaired) electrons. The van der Waals surface area contributed by atoms with Crippen molar-refractivity contribution < 1.29 is 33.9 Å². The normalized spacial score (nSPS) is 35.1. The summed E-state index contributed by atoms with van der Waals surface area (Å²) in [6.45, 7) is 8.02. The molecule has 200 valence electrons. The van der Waals surface area contributed by atoms with Crippen molar-refractivity contribution in [2.75, 3.05) is 33.3 Å². The lowest BCUT2D eigenvalue weighted by Crippen LogP contribution is -2.59. The van der Waals surface area contributed by atoms with Crippen molar-refractivity contribution in [3.05, 3.63) is 29.3 Å². The second-order valence-corrected chi connectivity index (χ2v) is 10.2. The van der Waals surface area contributed by atoms with Crippen LogP contribution in [0.15, 0.2) is 18.2 Å². The predicted octanol–water partition coefficient (Wildman–Crippen LogP) is 3.05. The Hall–Kier alpha value is -1.26. The number of anilines is 1. The first-order valence-corrected chi connectivity index (χ1v) is 12.8. The van der Waals surface area contributed by atoms with Crippen molar-refractivity contribution in [2.45, 2.75) is 95.9 Å². The fourth-order valence-corrected chi connectivity index (χ4v) is 6.01. The standard InChI is InChI=1S/C27H45NO7/c1-15-8-9-22(16(2)12-15)28-23(17(3)30)21-14-20(13-19(21)10-11-29)35-27-26(33-7)25(32-6)24(31-5)18(4)34-27/h8-9,12,17-21,23-30H,10-11,13-14H2,1-7H3/t17-,18?,19+,20-,21+,23+,24-,25?,26?,27-/m0/s1. The molecule has 1 aromatic carbocycles. The summed E-state index contributed by atoms with van der Waals surface area (Å²) in [7, 11) is 4.92. The zero-order valence-electron chi connectivity index (χ0n) is 22.3. The molecule has 1 aliphatic carbocycles. The van der Waals surface area contributed by atoms with Crippen LogP contribution in [0.4, 0.5) is 5.69 Å². The van der Waals surface area contributed by atoms with E-state index in [1.807, 2.05) is 13.8 Å². The van der Waals surface area contributed by atoms with Crippen LogP contribution in [0.5, 0.6) is 0 Å². The lowest BCUT2D eigenvalue weighted by molar-refractivity contribution is -0.314.